The Labute approximate surface area is 294 Å². The van der Waals surface area contributed by atoms with Crippen LogP contribution in [0, 0.1) is 23.2 Å². The average molecular weight is 686 g/mol. The van der Waals surface area contributed by atoms with Gasteiger partial charge in [0, 0.05) is 49.5 Å². The van der Waals surface area contributed by atoms with Crippen molar-refractivity contribution in [2.45, 2.75) is 126 Å². The molecule has 3 N–H and O–H groups in total. The standard InChI is InChI=1S/C34H51N5O6.2C2H6/c1-23-38-39-31(45-23)25-9-7-24(8-10-25)30(42)35-12-14-44-16-15-43-13-11-28(40)36-26-17-34(18-26)19-27(20-34)37-29(41)21-33(5,6)22-32(2,3)4;2*1-2/h7-10,26-27H,11-22H2,1-6H3,(H,35,42)(H,36,40)(H,37,41);2*1-2H3. The second-order valence-corrected chi connectivity index (χ2v) is 14.9. The molecule has 0 radical (unpaired) electrons. The third-order valence-electron chi connectivity index (χ3n) is 8.39. The second-order valence-electron chi connectivity index (χ2n) is 14.9. The highest BCUT2D eigenvalue weighted by Crippen LogP contribution is 2.56. The van der Waals surface area contributed by atoms with E-state index in [2.05, 4.69) is 60.8 Å². The van der Waals surface area contributed by atoms with Crippen LogP contribution < -0.4 is 16.0 Å². The number of ether oxygens (including phenoxy) is 2. The van der Waals surface area contributed by atoms with Crippen LogP contribution in [0.15, 0.2) is 28.7 Å². The van der Waals surface area contributed by atoms with Crippen molar-refractivity contribution < 1.29 is 28.3 Å². The topological polar surface area (TPSA) is 145 Å². The Bertz CT molecular complexity index is 1290. The Hall–Kier alpha value is -3.31. The van der Waals surface area contributed by atoms with Gasteiger partial charge in [-0.3, -0.25) is 14.4 Å². The minimum absolute atomic E-state index is 0.00368. The van der Waals surface area contributed by atoms with Gasteiger partial charge < -0.3 is 29.8 Å². The maximum Gasteiger partial charge on any atom is 0.251 e. The van der Waals surface area contributed by atoms with Crippen LogP contribution in [0.25, 0.3) is 11.5 Å². The summed E-state index contributed by atoms with van der Waals surface area (Å²) in [5.74, 6) is 0.866. The molecule has 2 aliphatic rings. The van der Waals surface area contributed by atoms with E-state index in [0.717, 1.165) is 37.7 Å². The molecule has 1 heterocycles. The van der Waals surface area contributed by atoms with Crippen molar-refractivity contribution in [1.29, 1.82) is 0 Å². The predicted molar refractivity (Wildman–Crippen MR) is 193 cm³/mol. The molecule has 11 nitrogen and oxygen atoms in total. The first-order valence-electron chi connectivity index (χ1n) is 18.1. The fraction of sp³-hybridized carbons (Fsp3) is 0.711. The Morgan fingerprint density at radius 1 is 0.816 bits per heavy atom. The first-order chi connectivity index (χ1) is 23.2. The predicted octanol–water partition coefficient (Wildman–Crippen LogP) is 6.65. The lowest BCUT2D eigenvalue weighted by Gasteiger charge is -2.58. The van der Waals surface area contributed by atoms with Gasteiger partial charge in [0.2, 0.25) is 23.6 Å². The molecule has 2 saturated carbocycles. The van der Waals surface area contributed by atoms with E-state index in [1.54, 1.807) is 31.2 Å². The highest BCUT2D eigenvalue weighted by molar-refractivity contribution is 5.94. The number of amides is 3. The highest BCUT2D eigenvalue weighted by Gasteiger charge is 2.53. The largest absolute Gasteiger partial charge is 0.421 e. The number of nitrogens with one attached hydrogen (secondary N) is 3. The van der Waals surface area contributed by atoms with E-state index in [0.29, 0.717) is 63.2 Å². The second kappa shape index (κ2) is 19.8. The van der Waals surface area contributed by atoms with E-state index >= 15 is 0 Å². The summed E-state index contributed by atoms with van der Waals surface area (Å²) in [5.41, 5.74) is 1.75. The van der Waals surface area contributed by atoms with Gasteiger partial charge >= 0.3 is 0 Å². The van der Waals surface area contributed by atoms with E-state index in [1.165, 1.54) is 0 Å². The molecule has 0 bridgehead atoms. The van der Waals surface area contributed by atoms with E-state index in [4.69, 9.17) is 13.9 Å². The monoisotopic (exact) mass is 685 g/mol. The molecule has 1 aromatic carbocycles. The molecule has 0 atom stereocenters. The van der Waals surface area contributed by atoms with Crippen molar-refractivity contribution in [3.63, 3.8) is 0 Å². The van der Waals surface area contributed by atoms with Crippen molar-refractivity contribution in [2.75, 3.05) is 33.0 Å². The van der Waals surface area contributed by atoms with Crippen LogP contribution in [0.5, 0.6) is 0 Å². The van der Waals surface area contributed by atoms with Crippen molar-refractivity contribution in [2.24, 2.45) is 16.2 Å². The Morgan fingerprint density at radius 3 is 1.90 bits per heavy atom. The third-order valence-corrected chi connectivity index (χ3v) is 8.39. The molecular formula is C38H63N5O6. The molecule has 1 spiro atoms. The zero-order valence-corrected chi connectivity index (χ0v) is 31.8. The summed E-state index contributed by atoms with van der Waals surface area (Å²) in [6.07, 6.45) is 5.85. The smallest absolute Gasteiger partial charge is 0.251 e. The fourth-order valence-electron chi connectivity index (χ4n) is 7.02. The lowest BCUT2D eigenvalue weighted by molar-refractivity contribution is -0.128. The van der Waals surface area contributed by atoms with Gasteiger partial charge in [-0.15, -0.1) is 10.2 Å². The fourth-order valence-corrected chi connectivity index (χ4v) is 7.02. The van der Waals surface area contributed by atoms with Crippen LogP contribution in [0.4, 0.5) is 0 Å². The molecule has 0 saturated heterocycles. The number of aryl methyl sites for hydroxylation is 1. The number of aromatic nitrogens is 2. The van der Waals surface area contributed by atoms with Crippen LogP contribution in [0.1, 0.15) is 124 Å². The quantitative estimate of drug-likeness (QED) is 0.167. The van der Waals surface area contributed by atoms with Crippen molar-refractivity contribution in [1.82, 2.24) is 26.1 Å². The zero-order valence-electron chi connectivity index (χ0n) is 31.8. The minimum Gasteiger partial charge on any atom is -0.421 e. The van der Waals surface area contributed by atoms with Crippen molar-refractivity contribution in [3.05, 3.63) is 35.7 Å². The number of carbonyl (C=O) groups excluding carboxylic acids is 3. The molecule has 2 fully saturated rings. The van der Waals surface area contributed by atoms with Gasteiger partial charge in [0.1, 0.15) is 0 Å². The molecule has 276 valence electrons. The average Bonchev–Trinajstić information content (AvgIpc) is 3.44. The Morgan fingerprint density at radius 2 is 1.37 bits per heavy atom. The third kappa shape index (κ3) is 14.6. The van der Waals surface area contributed by atoms with Gasteiger partial charge in [-0.2, -0.15) is 0 Å². The summed E-state index contributed by atoms with van der Waals surface area (Å²) < 4.78 is 16.5. The number of benzene rings is 1. The number of hydrogen-bond donors (Lipinski definition) is 3. The number of hydrogen-bond acceptors (Lipinski definition) is 8. The van der Waals surface area contributed by atoms with Gasteiger partial charge in [0.25, 0.3) is 5.91 Å². The van der Waals surface area contributed by atoms with E-state index in [9.17, 15) is 14.4 Å². The molecule has 2 aliphatic carbocycles. The van der Waals surface area contributed by atoms with Crippen LogP contribution >= 0.6 is 0 Å². The molecule has 2 aromatic rings. The maximum absolute atomic E-state index is 12.6. The van der Waals surface area contributed by atoms with Crippen LogP contribution in [-0.2, 0) is 19.1 Å². The molecule has 0 unspecified atom stereocenters. The maximum atomic E-state index is 12.6. The summed E-state index contributed by atoms with van der Waals surface area (Å²) in [7, 11) is 0. The number of nitrogens with zero attached hydrogens (tertiary/aromatic N) is 2. The molecule has 11 heteroatoms. The normalized spacial score (nSPS) is 19.6. The number of rotatable bonds is 16. The van der Waals surface area contributed by atoms with Gasteiger partial charge in [-0.05, 0) is 72.6 Å². The molecule has 49 heavy (non-hydrogen) atoms. The summed E-state index contributed by atoms with van der Waals surface area (Å²) in [6.45, 7) is 22.5. The SMILES string of the molecule is CC.CC.Cc1nnc(-c2ccc(C(=O)NCCOCCOCCC(=O)NC3CC4(C3)CC(NC(=O)CC(C)(C)CC(C)(C)C)C4)cc2)o1. The highest BCUT2D eigenvalue weighted by atomic mass is 16.5. The Balaban J connectivity index is 0.00000201. The zero-order chi connectivity index (χ0) is 36.7. The summed E-state index contributed by atoms with van der Waals surface area (Å²) >= 11 is 0. The van der Waals surface area contributed by atoms with Crippen LogP contribution in [-0.4, -0.2) is 73.0 Å². The van der Waals surface area contributed by atoms with Gasteiger partial charge in [-0.1, -0.05) is 62.3 Å². The lowest BCUT2D eigenvalue weighted by atomic mass is 9.52. The van der Waals surface area contributed by atoms with Gasteiger partial charge in [-0.25, -0.2) is 0 Å². The van der Waals surface area contributed by atoms with Crippen molar-refractivity contribution >= 4 is 17.7 Å². The first kappa shape index (κ1) is 41.9. The minimum atomic E-state index is -0.193. The van der Waals surface area contributed by atoms with Crippen LogP contribution in [0.2, 0.25) is 0 Å². The van der Waals surface area contributed by atoms with Gasteiger partial charge in [0.05, 0.1) is 26.4 Å². The summed E-state index contributed by atoms with van der Waals surface area (Å²) in [4.78, 5) is 37.2. The molecular weight excluding hydrogens is 622 g/mol. The van der Waals surface area contributed by atoms with Crippen LogP contribution in [0.3, 0.4) is 0 Å². The van der Waals surface area contributed by atoms with E-state index in [-0.39, 0.29) is 46.1 Å². The number of carbonyl (C=O) groups is 3. The van der Waals surface area contributed by atoms with Gasteiger partial charge in [0.15, 0.2) is 0 Å². The van der Waals surface area contributed by atoms with E-state index in [1.807, 2.05) is 27.7 Å². The van der Waals surface area contributed by atoms with E-state index < -0.39 is 0 Å². The Kier molecular flexibility index (Phi) is 16.9. The van der Waals surface area contributed by atoms with Crippen molar-refractivity contribution in [3.8, 4) is 11.5 Å². The molecule has 3 amide bonds. The lowest BCUT2D eigenvalue weighted by Crippen LogP contribution is -2.61. The molecule has 0 aliphatic heterocycles. The first-order valence-corrected chi connectivity index (χ1v) is 18.1. The molecule has 1 aromatic heterocycles. The summed E-state index contributed by atoms with van der Waals surface area (Å²) in [5, 5.41) is 16.9. The molecule has 4 rings (SSSR count). The summed E-state index contributed by atoms with van der Waals surface area (Å²) in [6, 6.07) is 7.42.